The third-order valence-corrected chi connectivity index (χ3v) is 3.09. The SMILES string of the molecule is c1ccc(-c2ncc(-c3nc4ccccc4o3)cn2)nc1. The Morgan fingerprint density at radius 3 is 2.38 bits per heavy atom. The van der Waals surface area contributed by atoms with Gasteiger partial charge in [0.15, 0.2) is 11.4 Å². The molecule has 4 aromatic rings. The van der Waals surface area contributed by atoms with Gasteiger partial charge >= 0.3 is 0 Å². The van der Waals surface area contributed by atoms with Gasteiger partial charge < -0.3 is 4.42 Å². The maximum atomic E-state index is 5.69. The van der Waals surface area contributed by atoms with E-state index in [-0.39, 0.29) is 0 Å². The number of oxazole rings is 1. The Bertz CT molecular complexity index is 852. The van der Waals surface area contributed by atoms with Crippen molar-refractivity contribution >= 4 is 11.1 Å². The van der Waals surface area contributed by atoms with Crippen molar-refractivity contribution in [2.75, 3.05) is 0 Å². The molecule has 0 aliphatic heterocycles. The van der Waals surface area contributed by atoms with Crippen LogP contribution in [0.5, 0.6) is 0 Å². The molecule has 0 unspecified atom stereocenters. The summed E-state index contributed by atoms with van der Waals surface area (Å²) in [6, 6.07) is 13.3. The van der Waals surface area contributed by atoms with Gasteiger partial charge in [0.2, 0.25) is 5.89 Å². The number of aromatic nitrogens is 4. The number of pyridine rings is 1. The normalized spacial score (nSPS) is 10.9. The molecular formula is C16H10N4O. The van der Waals surface area contributed by atoms with Crippen molar-refractivity contribution in [1.29, 1.82) is 0 Å². The first-order chi connectivity index (χ1) is 10.4. The third kappa shape index (κ3) is 2.14. The highest BCUT2D eigenvalue weighted by molar-refractivity contribution is 5.75. The fraction of sp³-hybridized carbons (Fsp3) is 0. The fourth-order valence-corrected chi connectivity index (χ4v) is 2.06. The van der Waals surface area contributed by atoms with E-state index in [2.05, 4.69) is 19.9 Å². The molecule has 3 heterocycles. The van der Waals surface area contributed by atoms with Gasteiger partial charge in [-0.05, 0) is 24.3 Å². The second-order valence-corrected chi connectivity index (χ2v) is 4.50. The molecule has 1 aromatic carbocycles. The van der Waals surface area contributed by atoms with E-state index in [1.807, 2.05) is 42.5 Å². The summed E-state index contributed by atoms with van der Waals surface area (Å²) in [6.07, 6.45) is 5.11. The zero-order chi connectivity index (χ0) is 14.1. The molecular weight excluding hydrogens is 264 g/mol. The molecule has 0 saturated carbocycles. The lowest BCUT2D eigenvalue weighted by atomic mass is 10.3. The van der Waals surface area contributed by atoms with Crippen LogP contribution in [0.1, 0.15) is 0 Å². The quantitative estimate of drug-likeness (QED) is 0.561. The van der Waals surface area contributed by atoms with E-state index in [1.54, 1.807) is 18.6 Å². The smallest absolute Gasteiger partial charge is 0.230 e. The van der Waals surface area contributed by atoms with Crippen LogP contribution in [0.3, 0.4) is 0 Å². The first-order valence-electron chi connectivity index (χ1n) is 6.49. The van der Waals surface area contributed by atoms with Crippen molar-refractivity contribution < 1.29 is 4.42 Å². The predicted molar refractivity (Wildman–Crippen MR) is 78.3 cm³/mol. The number of benzene rings is 1. The van der Waals surface area contributed by atoms with Crippen LogP contribution in [0.2, 0.25) is 0 Å². The standard InChI is InChI=1S/C16H10N4O/c1-2-7-14-12(5-1)20-16(21-14)11-9-18-15(19-10-11)13-6-3-4-8-17-13/h1-10H. The molecule has 5 nitrogen and oxygen atoms in total. The minimum absolute atomic E-state index is 0.517. The summed E-state index contributed by atoms with van der Waals surface area (Å²) in [7, 11) is 0. The van der Waals surface area contributed by atoms with E-state index >= 15 is 0 Å². The topological polar surface area (TPSA) is 64.7 Å². The lowest BCUT2D eigenvalue weighted by Crippen LogP contribution is -1.91. The molecule has 21 heavy (non-hydrogen) atoms. The van der Waals surface area contributed by atoms with Crippen molar-refractivity contribution in [3.63, 3.8) is 0 Å². The number of para-hydroxylation sites is 2. The Labute approximate surface area is 120 Å². The highest BCUT2D eigenvalue weighted by Crippen LogP contribution is 2.23. The molecule has 0 bridgehead atoms. The van der Waals surface area contributed by atoms with Gasteiger partial charge in [-0.15, -0.1) is 0 Å². The highest BCUT2D eigenvalue weighted by atomic mass is 16.3. The van der Waals surface area contributed by atoms with Crippen molar-refractivity contribution in [2.45, 2.75) is 0 Å². The first-order valence-corrected chi connectivity index (χ1v) is 6.49. The van der Waals surface area contributed by atoms with Gasteiger partial charge in [-0.3, -0.25) is 4.98 Å². The monoisotopic (exact) mass is 274 g/mol. The number of hydrogen-bond donors (Lipinski definition) is 0. The summed E-state index contributed by atoms with van der Waals surface area (Å²) in [5, 5.41) is 0. The molecule has 0 aliphatic rings. The number of fused-ring (bicyclic) bond motifs is 1. The Kier molecular flexibility index (Phi) is 2.67. The summed E-state index contributed by atoms with van der Waals surface area (Å²) >= 11 is 0. The van der Waals surface area contributed by atoms with E-state index in [4.69, 9.17) is 4.42 Å². The zero-order valence-electron chi connectivity index (χ0n) is 11.0. The van der Waals surface area contributed by atoms with Crippen LogP contribution in [0.25, 0.3) is 34.1 Å². The van der Waals surface area contributed by atoms with Gasteiger partial charge in [-0.1, -0.05) is 18.2 Å². The van der Waals surface area contributed by atoms with Gasteiger partial charge in [0, 0.05) is 18.6 Å². The predicted octanol–water partition coefficient (Wildman–Crippen LogP) is 3.35. The van der Waals surface area contributed by atoms with Crippen LogP contribution >= 0.6 is 0 Å². The molecule has 0 amide bonds. The second kappa shape index (κ2) is 4.79. The van der Waals surface area contributed by atoms with E-state index in [1.165, 1.54) is 0 Å². The lowest BCUT2D eigenvalue weighted by Gasteiger charge is -1.99. The van der Waals surface area contributed by atoms with Gasteiger partial charge in [-0.2, -0.15) is 0 Å². The largest absolute Gasteiger partial charge is 0.436 e. The molecule has 0 spiro atoms. The molecule has 0 N–H and O–H groups in total. The average molecular weight is 274 g/mol. The van der Waals surface area contributed by atoms with Gasteiger partial charge in [0.25, 0.3) is 0 Å². The zero-order valence-corrected chi connectivity index (χ0v) is 11.0. The lowest BCUT2D eigenvalue weighted by molar-refractivity contribution is 0.619. The van der Waals surface area contributed by atoms with E-state index in [0.717, 1.165) is 22.4 Å². The summed E-state index contributed by atoms with van der Waals surface area (Å²) in [5.74, 6) is 1.10. The van der Waals surface area contributed by atoms with Crippen LogP contribution in [0, 0.1) is 0 Å². The first kappa shape index (κ1) is 11.7. The molecule has 0 fully saturated rings. The van der Waals surface area contributed by atoms with Crippen LogP contribution in [0.15, 0.2) is 65.5 Å². The average Bonchev–Trinajstić information content (AvgIpc) is 3.00. The maximum Gasteiger partial charge on any atom is 0.230 e. The minimum Gasteiger partial charge on any atom is -0.436 e. The second-order valence-electron chi connectivity index (χ2n) is 4.50. The van der Waals surface area contributed by atoms with Crippen LogP contribution in [-0.4, -0.2) is 19.9 Å². The van der Waals surface area contributed by atoms with Crippen molar-refractivity contribution in [3.05, 3.63) is 61.1 Å². The molecule has 0 radical (unpaired) electrons. The molecule has 0 aliphatic carbocycles. The van der Waals surface area contributed by atoms with Crippen molar-refractivity contribution in [2.24, 2.45) is 0 Å². The third-order valence-electron chi connectivity index (χ3n) is 3.09. The van der Waals surface area contributed by atoms with E-state index < -0.39 is 0 Å². The highest BCUT2D eigenvalue weighted by Gasteiger charge is 2.09. The molecule has 0 saturated heterocycles. The number of hydrogen-bond acceptors (Lipinski definition) is 5. The maximum absolute atomic E-state index is 5.69. The minimum atomic E-state index is 0.517. The number of rotatable bonds is 2. The van der Waals surface area contributed by atoms with Crippen LogP contribution < -0.4 is 0 Å². The van der Waals surface area contributed by atoms with Crippen LogP contribution in [-0.2, 0) is 0 Å². The Balaban J connectivity index is 1.73. The van der Waals surface area contributed by atoms with Crippen molar-refractivity contribution in [1.82, 2.24) is 19.9 Å². The van der Waals surface area contributed by atoms with E-state index in [9.17, 15) is 0 Å². The number of nitrogens with zero attached hydrogens (tertiary/aromatic N) is 4. The van der Waals surface area contributed by atoms with Gasteiger partial charge in [0.1, 0.15) is 11.2 Å². The van der Waals surface area contributed by atoms with Crippen molar-refractivity contribution in [3.8, 4) is 23.0 Å². The summed E-state index contributed by atoms with van der Waals surface area (Å²) in [4.78, 5) is 17.3. The molecule has 3 aromatic heterocycles. The molecule has 0 atom stereocenters. The summed E-state index contributed by atoms with van der Waals surface area (Å²) < 4.78 is 5.69. The molecule has 100 valence electrons. The summed E-state index contributed by atoms with van der Waals surface area (Å²) in [5.41, 5.74) is 3.05. The van der Waals surface area contributed by atoms with Gasteiger partial charge in [-0.25, -0.2) is 15.0 Å². The Morgan fingerprint density at radius 2 is 1.62 bits per heavy atom. The Hall–Kier alpha value is -3.08. The fourth-order valence-electron chi connectivity index (χ4n) is 2.06. The van der Waals surface area contributed by atoms with Gasteiger partial charge in [0.05, 0.1) is 5.56 Å². The molecule has 4 rings (SSSR count). The summed E-state index contributed by atoms with van der Waals surface area (Å²) in [6.45, 7) is 0. The van der Waals surface area contributed by atoms with Crippen LogP contribution in [0.4, 0.5) is 0 Å². The van der Waals surface area contributed by atoms with E-state index in [0.29, 0.717) is 11.7 Å². The Morgan fingerprint density at radius 1 is 0.810 bits per heavy atom. The molecule has 5 heteroatoms.